The van der Waals surface area contributed by atoms with Gasteiger partial charge in [0.1, 0.15) is 6.54 Å². The molecule has 1 amide bonds. The standard InChI is InChI=1S/C19H20N3O4PS/c1-20-19(28)27(25)21(13-17(23)26-2)16-11-7-6-10-15(16)18(24)22(27)12-14-8-4-3-5-9-14/h3-11H,12-13H2,1-2H3,(H,20,28)/t27-/m1/s1. The first-order chi connectivity index (χ1) is 13.4. The molecule has 7 nitrogen and oxygen atoms in total. The van der Waals surface area contributed by atoms with E-state index >= 15 is 0 Å². The van der Waals surface area contributed by atoms with E-state index in [1.165, 1.54) is 16.5 Å². The zero-order valence-corrected chi connectivity index (χ0v) is 17.2. The molecule has 1 atom stereocenters. The molecule has 0 unspecified atom stereocenters. The summed E-state index contributed by atoms with van der Waals surface area (Å²) in [5, 5.41) is 2.74. The molecule has 0 fully saturated rings. The van der Waals surface area contributed by atoms with Crippen LogP contribution in [0.1, 0.15) is 15.9 Å². The molecular formula is C19H20N3O4PS. The minimum atomic E-state index is -3.81. The van der Waals surface area contributed by atoms with Gasteiger partial charge >= 0.3 is 13.4 Å². The lowest BCUT2D eigenvalue weighted by atomic mass is 10.1. The smallest absolute Gasteiger partial charge is 0.325 e. The Kier molecular flexibility index (Phi) is 5.82. The Bertz CT molecular complexity index is 967. The molecule has 0 saturated carbocycles. The molecule has 0 radical (unpaired) electrons. The predicted octanol–water partition coefficient (Wildman–Crippen LogP) is 3.02. The van der Waals surface area contributed by atoms with E-state index in [-0.39, 0.29) is 17.8 Å². The molecule has 1 aliphatic heterocycles. The fraction of sp³-hybridized carbons (Fsp3) is 0.211. The van der Waals surface area contributed by atoms with Crippen LogP contribution in [0.5, 0.6) is 0 Å². The number of benzene rings is 2. The molecular weight excluding hydrogens is 397 g/mol. The lowest BCUT2D eigenvalue weighted by molar-refractivity contribution is -0.138. The van der Waals surface area contributed by atoms with Crippen LogP contribution in [0.25, 0.3) is 0 Å². The molecule has 3 rings (SSSR count). The highest BCUT2D eigenvalue weighted by atomic mass is 32.1. The molecule has 0 aromatic heterocycles. The summed E-state index contributed by atoms with van der Waals surface area (Å²) in [7, 11) is -1.01. The van der Waals surface area contributed by atoms with Gasteiger partial charge in [-0.1, -0.05) is 54.7 Å². The van der Waals surface area contributed by atoms with E-state index in [0.717, 1.165) is 5.56 Å². The predicted molar refractivity (Wildman–Crippen MR) is 111 cm³/mol. The third-order valence-electron chi connectivity index (χ3n) is 4.46. The van der Waals surface area contributed by atoms with Gasteiger partial charge in [-0.15, -0.1) is 0 Å². The van der Waals surface area contributed by atoms with Crippen molar-refractivity contribution in [2.24, 2.45) is 0 Å². The highest BCUT2D eigenvalue weighted by molar-refractivity contribution is 8.01. The van der Waals surface area contributed by atoms with Crippen LogP contribution >= 0.6 is 19.7 Å². The van der Waals surface area contributed by atoms with Crippen LogP contribution in [0.2, 0.25) is 0 Å². The maximum absolute atomic E-state index is 14.3. The van der Waals surface area contributed by atoms with Gasteiger partial charge in [-0.05, 0) is 17.7 Å². The van der Waals surface area contributed by atoms with Crippen LogP contribution in [0.15, 0.2) is 54.6 Å². The maximum Gasteiger partial charge on any atom is 0.325 e. The van der Waals surface area contributed by atoms with Gasteiger partial charge in [0.2, 0.25) is 0 Å². The molecule has 0 saturated heterocycles. The van der Waals surface area contributed by atoms with Gasteiger partial charge in [0.05, 0.1) is 24.9 Å². The van der Waals surface area contributed by atoms with Gasteiger partial charge in [-0.2, -0.15) is 0 Å². The molecule has 1 heterocycles. The Morgan fingerprint density at radius 2 is 1.75 bits per heavy atom. The molecule has 1 aliphatic rings. The SMILES string of the molecule is CNC(=S)[P@]1(=O)N(Cc2ccccc2)C(=O)c2ccccc2N1CC(=O)OC. The van der Waals surface area contributed by atoms with Gasteiger partial charge in [0.25, 0.3) is 5.91 Å². The number of esters is 1. The normalized spacial score (nSPS) is 18.4. The summed E-state index contributed by atoms with van der Waals surface area (Å²) in [5.74, 6) is -0.982. The lowest BCUT2D eigenvalue weighted by Gasteiger charge is -2.44. The minimum absolute atomic E-state index is 0.00446. The van der Waals surface area contributed by atoms with Crippen LogP contribution in [-0.4, -0.2) is 42.0 Å². The summed E-state index contributed by atoms with van der Waals surface area (Å²) >= 11 is 5.37. The van der Waals surface area contributed by atoms with Crippen molar-refractivity contribution in [3.05, 3.63) is 65.7 Å². The van der Waals surface area contributed by atoms with E-state index in [1.807, 2.05) is 30.3 Å². The number of para-hydroxylation sites is 1. The monoisotopic (exact) mass is 417 g/mol. The quantitative estimate of drug-likeness (QED) is 0.455. The molecule has 0 aliphatic carbocycles. The number of carbonyl (C=O) groups excluding carboxylic acids is 2. The largest absolute Gasteiger partial charge is 0.468 e. The number of methoxy groups -OCH3 is 1. The van der Waals surface area contributed by atoms with Crippen LogP contribution in [-0.2, 0) is 20.6 Å². The molecule has 0 spiro atoms. The maximum atomic E-state index is 14.3. The van der Waals surface area contributed by atoms with Crippen LogP contribution in [0.4, 0.5) is 5.69 Å². The van der Waals surface area contributed by atoms with E-state index in [9.17, 15) is 14.2 Å². The summed E-state index contributed by atoms with van der Waals surface area (Å²) < 4.78 is 21.7. The second-order valence-electron chi connectivity index (χ2n) is 6.10. The van der Waals surface area contributed by atoms with Crippen LogP contribution in [0.3, 0.4) is 0 Å². The van der Waals surface area contributed by atoms with E-state index in [2.05, 4.69) is 5.32 Å². The Hall–Kier alpha value is -2.70. The summed E-state index contributed by atoms with van der Waals surface area (Å²) in [6.07, 6.45) is 0. The number of hydrogen-bond donors (Lipinski definition) is 1. The number of rotatable bonds is 5. The number of thiocarbonyl (C=S) groups is 1. The third-order valence-corrected chi connectivity index (χ3v) is 8.12. The molecule has 28 heavy (non-hydrogen) atoms. The molecule has 2 aromatic rings. The highest BCUT2D eigenvalue weighted by Gasteiger charge is 2.50. The van der Waals surface area contributed by atoms with Crippen molar-refractivity contribution in [2.75, 3.05) is 25.4 Å². The van der Waals surface area contributed by atoms with Crippen molar-refractivity contribution in [1.82, 2.24) is 9.99 Å². The number of hydrogen-bond acceptors (Lipinski definition) is 5. The Morgan fingerprint density at radius 3 is 2.39 bits per heavy atom. The number of nitrogens with one attached hydrogen (secondary N) is 1. The first-order valence-corrected chi connectivity index (χ1v) is 10.6. The molecule has 9 heteroatoms. The van der Waals surface area contributed by atoms with Crippen molar-refractivity contribution in [1.29, 1.82) is 0 Å². The molecule has 0 bridgehead atoms. The first kappa shape index (κ1) is 20.0. The number of carbonyl (C=O) groups is 2. The number of fused-ring (bicyclic) bond motifs is 1. The van der Waals surface area contributed by atoms with Gasteiger partial charge in [-0.25, -0.2) is 0 Å². The van der Waals surface area contributed by atoms with Gasteiger partial charge in [0.15, 0.2) is 4.73 Å². The van der Waals surface area contributed by atoms with Crippen molar-refractivity contribution in [3.8, 4) is 0 Å². The summed E-state index contributed by atoms with van der Waals surface area (Å²) in [4.78, 5) is 25.4. The fourth-order valence-corrected chi connectivity index (χ4v) is 6.14. The number of nitrogens with zero attached hydrogens (tertiary/aromatic N) is 2. The average Bonchev–Trinajstić information content (AvgIpc) is 2.74. The summed E-state index contributed by atoms with van der Waals surface area (Å²) in [5.41, 5.74) is 1.54. The second-order valence-corrected chi connectivity index (χ2v) is 9.31. The summed E-state index contributed by atoms with van der Waals surface area (Å²) in [6, 6.07) is 16.0. The second kappa shape index (κ2) is 8.12. The molecule has 2 aromatic carbocycles. The Labute approximate surface area is 168 Å². The number of amides is 1. The molecule has 146 valence electrons. The lowest BCUT2D eigenvalue weighted by Crippen LogP contribution is -2.47. The Morgan fingerprint density at radius 1 is 1.11 bits per heavy atom. The number of ether oxygens (including phenoxy) is 1. The van der Waals surface area contributed by atoms with Crippen molar-refractivity contribution in [2.45, 2.75) is 6.54 Å². The highest BCUT2D eigenvalue weighted by Crippen LogP contribution is 2.60. The van der Waals surface area contributed by atoms with Gasteiger partial charge in [-0.3, -0.25) is 23.5 Å². The van der Waals surface area contributed by atoms with Crippen molar-refractivity contribution in [3.63, 3.8) is 0 Å². The van der Waals surface area contributed by atoms with E-state index in [4.69, 9.17) is 17.0 Å². The summed E-state index contributed by atoms with van der Waals surface area (Å²) in [6.45, 7) is -0.212. The van der Waals surface area contributed by atoms with E-state index in [1.54, 1.807) is 31.3 Å². The van der Waals surface area contributed by atoms with Gasteiger partial charge < -0.3 is 10.1 Å². The van der Waals surface area contributed by atoms with Gasteiger partial charge in [0, 0.05) is 7.05 Å². The van der Waals surface area contributed by atoms with E-state index in [0.29, 0.717) is 11.3 Å². The molecule has 1 N–H and O–H groups in total. The van der Waals surface area contributed by atoms with Crippen molar-refractivity contribution >= 4 is 42.0 Å². The van der Waals surface area contributed by atoms with Crippen LogP contribution in [0, 0.1) is 0 Å². The third kappa shape index (κ3) is 3.41. The first-order valence-electron chi connectivity index (χ1n) is 8.56. The zero-order valence-electron chi connectivity index (χ0n) is 15.5. The Balaban J connectivity index is 2.19. The topological polar surface area (TPSA) is 79.0 Å². The van der Waals surface area contributed by atoms with Crippen molar-refractivity contribution < 1.29 is 18.9 Å². The van der Waals surface area contributed by atoms with E-state index < -0.39 is 19.3 Å². The average molecular weight is 417 g/mol. The van der Waals surface area contributed by atoms with Crippen LogP contribution < -0.4 is 9.99 Å². The number of anilines is 1. The zero-order chi connectivity index (χ0) is 20.3. The minimum Gasteiger partial charge on any atom is -0.468 e. The fourth-order valence-electron chi connectivity index (χ4n) is 3.07.